The maximum Gasteiger partial charge on any atom is 0.573 e. The first-order valence-corrected chi connectivity index (χ1v) is 6.46. The summed E-state index contributed by atoms with van der Waals surface area (Å²) in [6.07, 6.45) is -1.48. The summed E-state index contributed by atoms with van der Waals surface area (Å²) in [7, 11) is 0. The Hall–Kier alpha value is -0.750. The van der Waals surface area contributed by atoms with Crippen molar-refractivity contribution in [2.24, 2.45) is 11.7 Å². The van der Waals surface area contributed by atoms with Crippen LogP contribution in [-0.2, 0) is 0 Å². The van der Waals surface area contributed by atoms with Gasteiger partial charge in [0, 0.05) is 10.5 Å². The van der Waals surface area contributed by atoms with Gasteiger partial charge >= 0.3 is 6.36 Å². The molecule has 0 aromatic heterocycles. The Labute approximate surface area is 111 Å². The van der Waals surface area contributed by atoms with Gasteiger partial charge in [0.05, 0.1) is 0 Å². The molecule has 1 fully saturated rings. The number of alkyl halides is 3. The minimum Gasteiger partial charge on any atom is -0.406 e. The number of halogens is 4. The van der Waals surface area contributed by atoms with E-state index < -0.39 is 6.36 Å². The molecule has 2 nitrogen and oxygen atoms in total. The summed E-state index contributed by atoms with van der Waals surface area (Å²) in [6, 6.07) is 4.16. The van der Waals surface area contributed by atoms with E-state index in [4.69, 9.17) is 5.73 Å². The molecular formula is C12H13BrF3NO. The molecule has 1 aromatic rings. The van der Waals surface area contributed by atoms with Crippen molar-refractivity contribution in [3.05, 3.63) is 28.2 Å². The first-order valence-electron chi connectivity index (χ1n) is 5.67. The van der Waals surface area contributed by atoms with E-state index in [2.05, 4.69) is 20.7 Å². The molecule has 0 heterocycles. The number of hydrogen-bond donors (Lipinski definition) is 1. The number of nitrogens with two attached hydrogens (primary N) is 1. The van der Waals surface area contributed by atoms with Crippen LogP contribution in [0.25, 0.3) is 0 Å². The monoisotopic (exact) mass is 323 g/mol. The fraction of sp³-hybridized carbons (Fsp3) is 0.500. The highest BCUT2D eigenvalue weighted by Gasteiger charge is 2.32. The van der Waals surface area contributed by atoms with Gasteiger partial charge in [0.25, 0.3) is 0 Å². The van der Waals surface area contributed by atoms with Gasteiger partial charge in [-0.3, -0.25) is 0 Å². The molecule has 6 heteroatoms. The summed E-state index contributed by atoms with van der Waals surface area (Å²) in [5.74, 6) is 0.125. The molecule has 0 bridgehead atoms. The van der Waals surface area contributed by atoms with Crippen molar-refractivity contribution >= 4 is 15.9 Å². The molecule has 1 aliphatic carbocycles. The smallest absolute Gasteiger partial charge is 0.406 e. The molecule has 1 saturated carbocycles. The molecule has 2 N–H and O–H groups in total. The highest BCUT2D eigenvalue weighted by Crippen LogP contribution is 2.38. The van der Waals surface area contributed by atoms with E-state index in [0.717, 1.165) is 19.3 Å². The van der Waals surface area contributed by atoms with Gasteiger partial charge in [-0.25, -0.2) is 0 Å². The first-order chi connectivity index (χ1) is 8.35. The van der Waals surface area contributed by atoms with Crippen molar-refractivity contribution in [1.82, 2.24) is 0 Å². The summed E-state index contributed by atoms with van der Waals surface area (Å²) in [4.78, 5) is 0. The zero-order chi connectivity index (χ0) is 13.3. The second-order valence-electron chi connectivity index (χ2n) is 4.48. The van der Waals surface area contributed by atoms with E-state index in [1.54, 1.807) is 6.07 Å². The lowest BCUT2D eigenvalue weighted by molar-refractivity contribution is -0.274. The van der Waals surface area contributed by atoms with E-state index in [1.807, 2.05) is 0 Å². The van der Waals surface area contributed by atoms with Gasteiger partial charge in [0.1, 0.15) is 5.75 Å². The lowest BCUT2D eigenvalue weighted by atomic mass is 9.77. The van der Waals surface area contributed by atoms with Gasteiger partial charge in [-0.1, -0.05) is 22.4 Å². The van der Waals surface area contributed by atoms with E-state index >= 15 is 0 Å². The quantitative estimate of drug-likeness (QED) is 0.907. The number of hydrogen-bond acceptors (Lipinski definition) is 2. The summed E-state index contributed by atoms with van der Waals surface area (Å²) in [5, 5.41) is 0. The molecule has 0 radical (unpaired) electrons. The van der Waals surface area contributed by atoms with Crippen molar-refractivity contribution < 1.29 is 17.9 Å². The molecule has 0 aliphatic heterocycles. The van der Waals surface area contributed by atoms with Crippen LogP contribution in [0, 0.1) is 5.92 Å². The Kier molecular flexibility index (Phi) is 3.87. The van der Waals surface area contributed by atoms with Gasteiger partial charge in [0.2, 0.25) is 0 Å². The van der Waals surface area contributed by atoms with Crippen LogP contribution in [0.5, 0.6) is 5.75 Å². The molecule has 1 aromatic carbocycles. The summed E-state index contributed by atoms with van der Waals surface area (Å²) in [5.41, 5.74) is 6.72. The SMILES string of the molecule is N[C@H](c1cc(Br)cc(OC(F)(F)F)c1)C1CCC1. The molecule has 18 heavy (non-hydrogen) atoms. The van der Waals surface area contributed by atoms with Crippen LogP contribution in [0.15, 0.2) is 22.7 Å². The van der Waals surface area contributed by atoms with Gasteiger partial charge < -0.3 is 10.5 Å². The maximum atomic E-state index is 12.2. The number of benzene rings is 1. The van der Waals surface area contributed by atoms with E-state index in [-0.39, 0.29) is 11.8 Å². The van der Waals surface area contributed by atoms with E-state index in [1.165, 1.54) is 12.1 Å². The van der Waals surface area contributed by atoms with E-state index in [9.17, 15) is 13.2 Å². The Bertz CT molecular complexity index is 432. The molecule has 0 spiro atoms. The number of ether oxygens (including phenoxy) is 1. The Morgan fingerprint density at radius 2 is 1.94 bits per heavy atom. The third-order valence-corrected chi connectivity index (χ3v) is 3.63. The molecular weight excluding hydrogens is 311 g/mol. The first kappa shape index (κ1) is 13.7. The molecule has 1 aliphatic rings. The molecule has 100 valence electrons. The average Bonchev–Trinajstić information content (AvgIpc) is 2.10. The topological polar surface area (TPSA) is 35.2 Å². The van der Waals surface area contributed by atoms with Crippen LogP contribution in [0.4, 0.5) is 13.2 Å². The van der Waals surface area contributed by atoms with Crippen LogP contribution < -0.4 is 10.5 Å². The van der Waals surface area contributed by atoms with Crippen molar-refractivity contribution in [3.63, 3.8) is 0 Å². The molecule has 2 rings (SSSR count). The van der Waals surface area contributed by atoms with Crippen molar-refractivity contribution in [1.29, 1.82) is 0 Å². The Morgan fingerprint density at radius 1 is 1.28 bits per heavy atom. The third kappa shape index (κ3) is 3.38. The van der Waals surface area contributed by atoms with Gasteiger partial charge in [-0.2, -0.15) is 0 Å². The fourth-order valence-corrected chi connectivity index (χ4v) is 2.53. The van der Waals surface area contributed by atoms with E-state index in [0.29, 0.717) is 16.0 Å². The highest BCUT2D eigenvalue weighted by atomic mass is 79.9. The highest BCUT2D eigenvalue weighted by molar-refractivity contribution is 9.10. The van der Waals surface area contributed by atoms with Gasteiger partial charge in [-0.05, 0) is 42.5 Å². The minimum absolute atomic E-state index is 0.230. The average molecular weight is 324 g/mol. The van der Waals surface area contributed by atoms with Gasteiger partial charge in [-0.15, -0.1) is 13.2 Å². The maximum absolute atomic E-state index is 12.2. The lowest BCUT2D eigenvalue weighted by Crippen LogP contribution is -2.27. The van der Waals surface area contributed by atoms with Crippen LogP contribution in [-0.4, -0.2) is 6.36 Å². The van der Waals surface area contributed by atoms with Crippen LogP contribution in [0.2, 0.25) is 0 Å². The minimum atomic E-state index is -4.68. The van der Waals surface area contributed by atoms with Gasteiger partial charge in [0.15, 0.2) is 0 Å². The summed E-state index contributed by atoms with van der Waals surface area (Å²) >= 11 is 3.18. The molecule has 0 amide bonds. The second kappa shape index (κ2) is 5.09. The number of rotatable bonds is 3. The predicted molar refractivity (Wildman–Crippen MR) is 65.1 cm³/mol. The summed E-state index contributed by atoms with van der Waals surface area (Å²) < 4.78 is 41.0. The zero-order valence-electron chi connectivity index (χ0n) is 9.51. The van der Waals surface area contributed by atoms with Crippen LogP contribution >= 0.6 is 15.9 Å². The predicted octanol–water partition coefficient (Wildman–Crippen LogP) is 4.15. The van der Waals surface area contributed by atoms with Crippen molar-refractivity contribution in [2.75, 3.05) is 0 Å². The largest absolute Gasteiger partial charge is 0.573 e. The molecule has 0 saturated heterocycles. The molecule has 0 unspecified atom stereocenters. The third-order valence-electron chi connectivity index (χ3n) is 3.17. The standard InChI is InChI=1S/C12H13BrF3NO/c13-9-4-8(11(17)7-2-1-3-7)5-10(6-9)18-12(14,15)16/h4-7,11H,1-3,17H2/t11-/m0/s1. The lowest BCUT2D eigenvalue weighted by Gasteiger charge is -2.31. The fourth-order valence-electron chi connectivity index (χ4n) is 2.04. The summed E-state index contributed by atoms with van der Waals surface area (Å²) in [6.45, 7) is 0. The van der Waals surface area contributed by atoms with Crippen molar-refractivity contribution in [2.45, 2.75) is 31.7 Å². The van der Waals surface area contributed by atoms with Crippen molar-refractivity contribution in [3.8, 4) is 5.75 Å². The van der Waals surface area contributed by atoms with Crippen LogP contribution in [0.1, 0.15) is 30.9 Å². The normalized spacial score (nSPS) is 18.3. The zero-order valence-corrected chi connectivity index (χ0v) is 11.1. The molecule has 1 atom stereocenters. The second-order valence-corrected chi connectivity index (χ2v) is 5.40. The van der Waals surface area contributed by atoms with Crippen LogP contribution in [0.3, 0.4) is 0 Å². The Morgan fingerprint density at radius 3 is 2.44 bits per heavy atom. The Balaban J connectivity index is 2.20.